The van der Waals surface area contributed by atoms with Gasteiger partial charge in [-0.2, -0.15) is 13.2 Å². The zero-order valence-electron chi connectivity index (χ0n) is 27.1. The van der Waals surface area contributed by atoms with Gasteiger partial charge < -0.3 is 20.7 Å². The van der Waals surface area contributed by atoms with Crippen LogP contribution < -0.4 is 20.7 Å². The van der Waals surface area contributed by atoms with E-state index in [-0.39, 0.29) is 16.9 Å². The van der Waals surface area contributed by atoms with Gasteiger partial charge in [0.1, 0.15) is 29.3 Å². The highest BCUT2D eigenvalue weighted by Gasteiger charge is 2.42. The molecule has 0 unspecified atom stereocenters. The minimum Gasteiger partial charge on any atom is -0.489 e. The van der Waals surface area contributed by atoms with Gasteiger partial charge in [0.05, 0.1) is 5.75 Å². The number of hydrogen-bond acceptors (Lipinski definition) is 5. The summed E-state index contributed by atoms with van der Waals surface area (Å²) in [5, 5.41) is 6.82. The molecule has 0 saturated heterocycles. The molecular formula is C38H26F7N3O4S. The number of carbonyl (C=O) groups excluding carboxylic acids is 3. The molecular weight excluding hydrogens is 727 g/mol. The van der Waals surface area contributed by atoms with E-state index >= 15 is 0 Å². The first-order valence-corrected chi connectivity index (χ1v) is 16.4. The zero-order chi connectivity index (χ0) is 38.1. The lowest BCUT2D eigenvalue weighted by molar-refractivity contribution is -0.143. The topological polar surface area (TPSA) is 96.5 Å². The van der Waals surface area contributed by atoms with Crippen LogP contribution in [0.15, 0.2) is 120 Å². The second-order valence-electron chi connectivity index (χ2n) is 11.0. The van der Waals surface area contributed by atoms with Crippen molar-refractivity contribution in [2.24, 2.45) is 0 Å². The van der Waals surface area contributed by atoms with Crippen LogP contribution in [0.1, 0.15) is 27.0 Å². The molecule has 0 spiro atoms. The fraction of sp³-hybridized carbons (Fsp3) is 0.0789. The summed E-state index contributed by atoms with van der Waals surface area (Å²) in [4.78, 5) is 39.3. The molecule has 3 amide bonds. The average molecular weight is 754 g/mol. The smallest absolute Gasteiger partial charge is 0.422 e. The molecule has 0 aliphatic heterocycles. The van der Waals surface area contributed by atoms with Crippen molar-refractivity contribution in [2.75, 3.05) is 16.4 Å². The van der Waals surface area contributed by atoms with Crippen LogP contribution in [0, 0.1) is 23.3 Å². The molecule has 0 heterocycles. The number of nitrogens with one attached hydrogen (secondary N) is 3. The predicted octanol–water partition coefficient (Wildman–Crippen LogP) is 8.98. The molecule has 0 bridgehead atoms. The van der Waals surface area contributed by atoms with E-state index < -0.39 is 64.2 Å². The maximum absolute atomic E-state index is 14.2. The van der Waals surface area contributed by atoms with Gasteiger partial charge in [-0.3, -0.25) is 14.4 Å². The number of carbonyl (C=O) groups is 3. The van der Waals surface area contributed by atoms with Gasteiger partial charge in [0.15, 0.2) is 23.3 Å². The summed E-state index contributed by atoms with van der Waals surface area (Å²) >= 11 is 0.767. The van der Waals surface area contributed by atoms with Crippen molar-refractivity contribution in [3.8, 4) is 5.75 Å². The Kier molecular flexibility index (Phi) is 12.2. The Hall–Kier alpha value is -6.09. The second-order valence-corrected chi connectivity index (χ2v) is 12.1. The Balaban J connectivity index is 1.27. The second kappa shape index (κ2) is 17.0. The van der Waals surface area contributed by atoms with Crippen LogP contribution in [0.25, 0.3) is 6.08 Å². The maximum Gasteiger partial charge on any atom is 0.422 e. The van der Waals surface area contributed by atoms with Crippen LogP contribution in [-0.4, -0.2) is 23.5 Å². The number of alkyl halides is 3. The van der Waals surface area contributed by atoms with Crippen molar-refractivity contribution in [1.29, 1.82) is 0 Å². The molecule has 0 radical (unpaired) electrons. The number of anilines is 2. The highest BCUT2D eigenvalue weighted by atomic mass is 32.2. The molecule has 0 aliphatic rings. The third kappa shape index (κ3) is 10.0. The Morgan fingerprint density at radius 3 is 1.96 bits per heavy atom. The van der Waals surface area contributed by atoms with Gasteiger partial charge in [-0.25, -0.2) is 17.6 Å². The molecule has 0 aromatic heterocycles. The molecule has 5 rings (SSSR count). The monoisotopic (exact) mass is 753 g/mol. The third-order valence-electron chi connectivity index (χ3n) is 7.24. The molecule has 272 valence electrons. The Morgan fingerprint density at radius 2 is 1.34 bits per heavy atom. The molecule has 3 N–H and O–H groups in total. The van der Waals surface area contributed by atoms with Gasteiger partial charge in [0.25, 0.3) is 11.8 Å². The molecule has 0 atom stereocenters. The fourth-order valence-corrected chi connectivity index (χ4v) is 5.44. The SMILES string of the molecule is O=C(CSc1cccc(NC(=O)/C(=C\c2ccc(OCc3ccccc3)cc2)NC(=O)c2ccccc2)c1)Nc1c(F)c(F)c(C(F)(F)F)c(F)c1F. The molecule has 5 aromatic carbocycles. The highest BCUT2D eigenvalue weighted by Crippen LogP contribution is 2.38. The molecule has 15 heteroatoms. The van der Waals surface area contributed by atoms with Gasteiger partial charge >= 0.3 is 6.18 Å². The van der Waals surface area contributed by atoms with E-state index in [9.17, 15) is 45.1 Å². The van der Waals surface area contributed by atoms with Crippen molar-refractivity contribution in [1.82, 2.24) is 5.32 Å². The predicted molar refractivity (Wildman–Crippen MR) is 185 cm³/mol. The first kappa shape index (κ1) is 38.1. The van der Waals surface area contributed by atoms with Crippen molar-refractivity contribution < 1.29 is 49.9 Å². The van der Waals surface area contributed by atoms with Crippen LogP contribution in [0.4, 0.5) is 42.1 Å². The summed E-state index contributed by atoms with van der Waals surface area (Å²) in [6.07, 6.45) is -4.28. The lowest BCUT2D eigenvalue weighted by atomic mass is 10.1. The van der Waals surface area contributed by atoms with Crippen molar-refractivity contribution >= 4 is 46.9 Å². The number of amides is 3. The van der Waals surface area contributed by atoms with E-state index in [2.05, 4.69) is 10.6 Å². The first-order chi connectivity index (χ1) is 25.3. The zero-order valence-corrected chi connectivity index (χ0v) is 27.9. The van der Waals surface area contributed by atoms with Crippen LogP contribution in [0.5, 0.6) is 5.75 Å². The van der Waals surface area contributed by atoms with Crippen LogP contribution in [0.3, 0.4) is 0 Å². The summed E-state index contributed by atoms with van der Waals surface area (Å²) in [7, 11) is 0. The van der Waals surface area contributed by atoms with Crippen LogP contribution in [-0.2, 0) is 22.4 Å². The Labute approximate surface area is 301 Å². The quantitative estimate of drug-likeness (QED) is 0.0512. The van der Waals surface area contributed by atoms with E-state index in [0.29, 0.717) is 22.8 Å². The third-order valence-corrected chi connectivity index (χ3v) is 8.24. The van der Waals surface area contributed by atoms with E-state index in [0.717, 1.165) is 17.3 Å². The van der Waals surface area contributed by atoms with Gasteiger partial charge in [0, 0.05) is 16.1 Å². The number of rotatable bonds is 12. The number of ether oxygens (including phenoxy) is 1. The summed E-state index contributed by atoms with van der Waals surface area (Å²) in [6.45, 7) is 0.342. The molecule has 53 heavy (non-hydrogen) atoms. The number of hydrogen-bond donors (Lipinski definition) is 3. The van der Waals surface area contributed by atoms with E-state index in [1.54, 1.807) is 59.9 Å². The van der Waals surface area contributed by atoms with E-state index in [1.807, 2.05) is 30.3 Å². The minimum absolute atomic E-state index is 0.130. The number of thioether (sulfide) groups is 1. The molecule has 7 nitrogen and oxygen atoms in total. The van der Waals surface area contributed by atoms with Gasteiger partial charge in [0.2, 0.25) is 5.91 Å². The summed E-state index contributed by atoms with van der Waals surface area (Å²) in [5.41, 5.74) is -2.60. The average Bonchev–Trinajstić information content (AvgIpc) is 3.14. The number of benzene rings is 5. The van der Waals surface area contributed by atoms with Gasteiger partial charge in [-0.1, -0.05) is 66.7 Å². The standard InChI is InChI=1S/C38H26F7N3O4S/c39-31-30(38(43,44)45)32(40)34(42)35(33(31)41)48-29(49)21-53-27-13-7-12-25(19-27)46-37(51)28(47-36(50)24-10-5-2-6-11-24)18-22-14-16-26(17-15-22)52-20-23-8-3-1-4-9-23/h1-19H,20-21H2,(H,46,51)(H,47,50)(H,48,49)/b28-18+. The summed E-state index contributed by atoms with van der Waals surface area (Å²) in [6, 6.07) is 30.4. The van der Waals surface area contributed by atoms with Crippen molar-refractivity contribution in [2.45, 2.75) is 17.7 Å². The highest BCUT2D eigenvalue weighted by molar-refractivity contribution is 8.00. The fourth-order valence-electron chi connectivity index (χ4n) is 4.69. The maximum atomic E-state index is 14.2. The normalized spacial score (nSPS) is 11.5. The van der Waals surface area contributed by atoms with E-state index in [1.165, 1.54) is 30.3 Å². The van der Waals surface area contributed by atoms with Crippen molar-refractivity contribution in [3.63, 3.8) is 0 Å². The minimum atomic E-state index is -5.73. The Bertz CT molecular complexity index is 2120. The Morgan fingerprint density at radius 1 is 0.717 bits per heavy atom. The molecule has 5 aromatic rings. The largest absolute Gasteiger partial charge is 0.489 e. The van der Waals surface area contributed by atoms with Crippen LogP contribution >= 0.6 is 11.8 Å². The molecule has 0 aliphatic carbocycles. The molecule has 0 saturated carbocycles. The lowest BCUT2D eigenvalue weighted by Crippen LogP contribution is -2.30. The van der Waals surface area contributed by atoms with Crippen molar-refractivity contribution in [3.05, 3.63) is 160 Å². The lowest BCUT2D eigenvalue weighted by Gasteiger charge is -2.14. The summed E-state index contributed by atoms with van der Waals surface area (Å²) < 4.78 is 101. The summed E-state index contributed by atoms with van der Waals surface area (Å²) in [5.74, 6) is -12.8. The van der Waals surface area contributed by atoms with E-state index in [4.69, 9.17) is 4.74 Å². The van der Waals surface area contributed by atoms with Gasteiger partial charge in [-0.15, -0.1) is 11.8 Å². The molecule has 0 fully saturated rings. The first-order valence-electron chi connectivity index (χ1n) is 15.4. The van der Waals surface area contributed by atoms with Gasteiger partial charge in [-0.05, 0) is 59.7 Å². The number of halogens is 7. The van der Waals surface area contributed by atoms with Crippen LogP contribution in [0.2, 0.25) is 0 Å².